The van der Waals surface area contributed by atoms with E-state index in [-0.39, 0.29) is 6.54 Å². The third-order valence-corrected chi connectivity index (χ3v) is 2.00. The summed E-state index contributed by atoms with van der Waals surface area (Å²) in [5.41, 5.74) is 5.23. The summed E-state index contributed by atoms with van der Waals surface area (Å²) in [6.07, 6.45) is -6.79. The number of aliphatic hydroxyl groups is 1. The number of carbonyl (C=O) groups is 1. The van der Waals surface area contributed by atoms with Gasteiger partial charge >= 0.3 is 6.18 Å². The van der Waals surface area contributed by atoms with Crippen molar-refractivity contribution in [1.82, 2.24) is 5.32 Å². The zero-order chi connectivity index (χ0) is 12.1. The predicted octanol–water partition coefficient (Wildman–Crippen LogP) is 0.0107. The fraction of sp³-hybridized carbons (Fsp3) is 0.875. The number of nitrogens with one attached hydrogen (secondary N) is 1. The summed E-state index contributed by atoms with van der Waals surface area (Å²) in [6, 6.07) is 0. The van der Waals surface area contributed by atoms with Gasteiger partial charge in [-0.1, -0.05) is 6.92 Å². The summed E-state index contributed by atoms with van der Waals surface area (Å²) < 4.78 is 35.5. The van der Waals surface area contributed by atoms with Gasteiger partial charge in [0.2, 0.25) is 5.91 Å². The minimum absolute atomic E-state index is 0.0739. The van der Waals surface area contributed by atoms with Crippen LogP contribution in [0.15, 0.2) is 0 Å². The number of carbonyl (C=O) groups excluding carboxylic acids is 1. The SMILES string of the molecule is CCC(CN)C(=O)NCC(O)C(F)(F)F. The molecule has 0 radical (unpaired) electrons. The highest BCUT2D eigenvalue weighted by Gasteiger charge is 2.38. The first kappa shape index (κ1) is 14.2. The minimum Gasteiger partial charge on any atom is -0.382 e. The van der Waals surface area contributed by atoms with Crippen molar-refractivity contribution < 1.29 is 23.1 Å². The molecule has 0 bridgehead atoms. The number of nitrogens with two attached hydrogens (primary N) is 1. The maximum atomic E-state index is 11.8. The Morgan fingerprint density at radius 3 is 2.40 bits per heavy atom. The number of amides is 1. The molecule has 90 valence electrons. The van der Waals surface area contributed by atoms with Gasteiger partial charge in [-0.3, -0.25) is 4.79 Å². The van der Waals surface area contributed by atoms with Gasteiger partial charge in [0, 0.05) is 12.5 Å². The molecule has 0 aliphatic heterocycles. The molecule has 15 heavy (non-hydrogen) atoms. The maximum Gasteiger partial charge on any atom is 0.416 e. The van der Waals surface area contributed by atoms with Crippen molar-refractivity contribution in [1.29, 1.82) is 0 Å². The minimum atomic E-state index is -4.71. The summed E-state index contributed by atoms with van der Waals surface area (Å²) in [4.78, 5) is 11.2. The molecule has 2 unspecified atom stereocenters. The largest absolute Gasteiger partial charge is 0.416 e. The van der Waals surface area contributed by atoms with Crippen LogP contribution in [0.2, 0.25) is 0 Å². The van der Waals surface area contributed by atoms with Gasteiger partial charge in [-0.2, -0.15) is 13.2 Å². The van der Waals surface area contributed by atoms with Crippen molar-refractivity contribution >= 4 is 5.91 Å². The highest BCUT2D eigenvalue weighted by atomic mass is 19.4. The highest BCUT2D eigenvalue weighted by molar-refractivity contribution is 5.78. The summed E-state index contributed by atoms with van der Waals surface area (Å²) in [6.45, 7) is 0.945. The molecular weight excluding hydrogens is 213 g/mol. The summed E-state index contributed by atoms with van der Waals surface area (Å²) in [5.74, 6) is -1.08. The van der Waals surface area contributed by atoms with Crippen LogP contribution in [-0.4, -0.2) is 36.4 Å². The van der Waals surface area contributed by atoms with Crippen LogP contribution in [0.3, 0.4) is 0 Å². The van der Waals surface area contributed by atoms with Gasteiger partial charge in [0.15, 0.2) is 6.10 Å². The molecule has 0 saturated heterocycles. The van der Waals surface area contributed by atoms with Crippen LogP contribution in [0.25, 0.3) is 0 Å². The van der Waals surface area contributed by atoms with Crippen molar-refractivity contribution in [2.45, 2.75) is 25.6 Å². The standard InChI is InChI=1S/C8H15F3N2O2/c1-2-5(3-12)7(15)13-4-6(14)8(9,10)11/h5-6,14H,2-4,12H2,1H3,(H,13,15). The molecule has 0 aromatic carbocycles. The molecule has 0 aliphatic rings. The molecule has 0 heterocycles. The zero-order valence-corrected chi connectivity index (χ0v) is 8.34. The molecule has 0 fully saturated rings. The van der Waals surface area contributed by atoms with Gasteiger partial charge in [0.25, 0.3) is 0 Å². The Bertz CT molecular complexity index is 205. The summed E-state index contributed by atoms with van der Waals surface area (Å²) >= 11 is 0. The van der Waals surface area contributed by atoms with E-state index in [9.17, 15) is 18.0 Å². The Morgan fingerprint density at radius 2 is 2.07 bits per heavy atom. The number of halogens is 3. The van der Waals surface area contributed by atoms with E-state index >= 15 is 0 Å². The number of alkyl halides is 3. The highest BCUT2D eigenvalue weighted by Crippen LogP contribution is 2.19. The molecule has 4 nitrogen and oxygen atoms in total. The van der Waals surface area contributed by atoms with E-state index in [2.05, 4.69) is 0 Å². The van der Waals surface area contributed by atoms with E-state index in [1.54, 1.807) is 6.92 Å². The van der Waals surface area contributed by atoms with E-state index in [0.29, 0.717) is 6.42 Å². The van der Waals surface area contributed by atoms with Crippen LogP contribution < -0.4 is 11.1 Å². The molecule has 0 spiro atoms. The molecular formula is C8H15F3N2O2. The molecule has 0 aromatic heterocycles. The third-order valence-electron chi connectivity index (χ3n) is 2.00. The lowest BCUT2D eigenvalue weighted by molar-refractivity contribution is -0.202. The first-order valence-corrected chi connectivity index (χ1v) is 4.55. The van der Waals surface area contributed by atoms with Crippen molar-refractivity contribution in [3.05, 3.63) is 0 Å². The molecule has 7 heteroatoms. The van der Waals surface area contributed by atoms with Crippen molar-refractivity contribution in [3.63, 3.8) is 0 Å². The van der Waals surface area contributed by atoms with E-state index in [1.165, 1.54) is 0 Å². The van der Waals surface area contributed by atoms with Crippen molar-refractivity contribution in [3.8, 4) is 0 Å². The summed E-state index contributed by atoms with van der Waals surface area (Å²) in [7, 11) is 0. The van der Waals surface area contributed by atoms with E-state index in [0.717, 1.165) is 0 Å². The monoisotopic (exact) mass is 228 g/mol. The zero-order valence-electron chi connectivity index (χ0n) is 8.34. The van der Waals surface area contributed by atoms with Gasteiger partial charge < -0.3 is 16.2 Å². The molecule has 2 atom stereocenters. The van der Waals surface area contributed by atoms with Gasteiger partial charge in [-0.25, -0.2) is 0 Å². The Hall–Kier alpha value is -0.820. The number of rotatable bonds is 5. The maximum absolute atomic E-state index is 11.8. The number of aliphatic hydroxyl groups excluding tert-OH is 1. The second kappa shape index (κ2) is 5.92. The third kappa shape index (κ3) is 4.98. The average molecular weight is 228 g/mol. The smallest absolute Gasteiger partial charge is 0.382 e. The molecule has 0 saturated carbocycles. The molecule has 0 aromatic rings. The number of hydrogen-bond acceptors (Lipinski definition) is 3. The van der Waals surface area contributed by atoms with Crippen LogP contribution in [0.5, 0.6) is 0 Å². The van der Waals surface area contributed by atoms with E-state index < -0.39 is 30.7 Å². The lowest BCUT2D eigenvalue weighted by Crippen LogP contribution is -2.43. The van der Waals surface area contributed by atoms with Crippen LogP contribution in [0.1, 0.15) is 13.3 Å². The Labute approximate surface area is 85.6 Å². The van der Waals surface area contributed by atoms with Gasteiger partial charge in [0.1, 0.15) is 0 Å². The van der Waals surface area contributed by atoms with E-state index in [4.69, 9.17) is 10.8 Å². The molecule has 0 aliphatic carbocycles. The fourth-order valence-corrected chi connectivity index (χ4v) is 0.916. The van der Waals surface area contributed by atoms with Crippen LogP contribution in [-0.2, 0) is 4.79 Å². The average Bonchev–Trinajstić information content (AvgIpc) is 2.14. The predicted molar refractivity (Wildman–Crippen MR) is 47.9 cm³/mol. The first-order chi connectivity index (χ1) is 6.82. The topological polar surface area (TPSA) is 75.4 Å². The summed E-state index contributed by atoms with van der Waals surface area (Å²) in [5, 5.41) is 10.6. The Kier molecular flexibility index (Phi) is 5.59. The lowest BCUT2D eigenvalue weighted by atomic mass is 10.1. The van der Waals surface area contributed by atoms with E-state index in [1.807, 2.05) is 5.32 Å². The van der Waals surface area contributed by atoms with Crippen molar-refractivity contribution in [2.24, 2.45) is 11.7 Å². The Morgan fingerprint density at radius 1 is 1.53 bits per heavy atom. The van der Waals surface area contributed by atoms with Gasteiger partial charge in [-0.15, -0.1) is 0 Å². The quantitative estimate of drug-likeness (QED) is 0.620. The fourth-order valence-electron chi connectivity index (χ4n) is 0.916. The second-order valence-electron chi connectivity index (χ2n) is 3.14. The normalized spacial score (nSPS) is 15.9. The first-order valence-electron chi connectivity index (χ1n) is 4.55. The van der Waals surface area contributed by atoms with Crippen LogP contribution in [0.4, 0.5) is 13.2 Å². The molecule has 4 N–H and O–H groups in total. The van der Waals surface area contributed by atoms with Crippen LogP contribution >= 0.6 is 0 Å². The van der Waals surface area contributed by atoms with Gasteiger partial charge in [-0.05, 0) is 6.42 Å². The van der Waals surface area contributed by atoms with Crippen molar-refractivity contribution in [2.75, 3.05) is 13.1 Å². The lowest BCUT2D eigenvalue weighted by Gasteiger charge is -2.17. The second-order valence-corrected chi connectivity index (χ2v) is 3.14. The molecule has 0 rings (SSSR count). The number of hydrogen-bond donors (Lipinski definition) is 3. The molecule has 1 amide bonds. The van der Waals surface area contributed by atoms with Crippen LogP contribution in [0, 0.1) is 5.92 Å². The van der Waals surface area contributed by atoms with Gasteiger partial charge in [0.05, 0.1) is 6.54 Å². The Balaban J connectivity index is 4.00.